The molecule has 0 aliphatic rings. The van der Waals surface area contributed by atoms with Gasteiger partial charge in [-0.25, -0.2) is 9.18 Å². The summed E-state index contributed by atoms with van der Waals surface area (Å²) in [5.74, 6) is 0.135. The summed E-state index contributed by atoms with van der Waals surface area (Å²) in [6.07, 6.45) is 0. The molecule has 0 aromatic heterocycles. The van der Waals surface area contributed by atoms with E-state index >= 15 is 0 Å². The molecule has 0 unspecified atom stereocenters. The molecule has 0 bridgehead atoms. The number of esters is 1. The van der Waals surface area contributed by atoms with Crippen LogP contribution < -0.4 is 9.47 Å². The van der Waals surface area contributed by atoms with Crippen LogP contribution in [0.3, 0.4) is 0 Å². The predicted octanol–water partition coefficient (Wildman–Crippen LogP) is 4.13. The molecule has 6 heteroatoms. The third-order valence-electron chi connectivity index (χ3n) is 3.42. The number of methoxy groups -OCH3 is 1. The molecular weight excluding hydrogens is 325 g/mol. The van der Waals surface area contributed by atoms with E-state index in [1.807, 2.05) is 6.07 Å². The molecule has 0 radical (unpaired) electrons. The molecule has 0 aliphatic carbocycles. The van der Waals surface area contributed by atoms with Crippen molar-refractivity contribution in [1.29, 1.82) is 5.26 Å². The van der Waals surface area contributed by atoms with Gasteiger partial charge in [0.15, 0.2) is 5.60 Å². The van der Waals surface area contributed by atoms with Gasteiger partial charge in [-0.1, -0.05) is 0 Å². The minimum Gasteiger partial charge on any atom is -0.476 e. The average molecular weight is 343 g/mol. The molecule has 25 heavy (non-hydrogen) atoms. The Balaban J connectivity index is 2.21. The molecule has 0 saturated heterocycles. The van der Waals surface area contributed by atoms with Crippen molar-refractivity contribution in [3.63, 3.8) is 0 Å². The highest BCUT2D eigenvalue weighted by Gasteiger charge is 2.31. The Morgan fingerprint density at radius 2 is 1.88 bits per heavy atom. The second kappa shape index (κ2) is 7.22. The average Bonchev–Trinajstić information content (AvgIpc) is 2.55. The van der Waals surface area contributed by atoms with Gasteiger partial charge in [-0.05, 0) is 56.7 Å². The van der Waals surface area contributed by atoms with Crippen molar-refractivity contribution < 1.29 is 23.4 Å². The molecule has 2 aromatic rings. The predicted molar refractivity (Wildman–Crippen MR) is 89.1 cm³/mol. The maximum Gasteiger partial charge on any atom is 0.349 e. The lowest BCUT2D eigenvalue weighted by molar-refractivity contribution is -0.156. The SMILES string of the molecule is COC(=O)C(C)(C)Oc1ccc(Oc2cc(F)cc(C#N)c2)cc1C. The number of nitrogens with zero attached hydrogens (tertiary/aromatic N) is 1. The van der Waals surface area contributed by atoms with E-state index in [0.717, 1.165) is 11.6 Å². The highest BCUT2D eigenvalue weighted by atomic mass is 19.1. The van der Waals surface area contributed by atoms with Crippen LogP contribution in [0.5, 0.6) is 17.2 Å². The highest BCUT2D eigenvalue weighted by molar-refractivity contribution is 5.78. The summed E-state index contributed by atoms with van der Waals surface area (Å²) in [6, 6.07) is 10.6. The molecule has 2 aromatic carbocycles. The van der Waals surface area contributed by atoms with Gasteiger partial charge in [0.25, 0.3) is 0 Å². The van der Waals surface area contributed by atoms with Crippen molar-refractivity contribution in [2.45, 2.75) is 26.4 Å². The fourth-order valence-electron chi connectivity index (χ4n) is 2.18. The van der Waals surface area contributed by atoms with E-state index in [9.17, 15) is 9.18 Å². The number of hydrogen-bond donors (Lipinski definition) is 0. The third kappa shape index (κ3) is 4.48. The molecule has 0 N–H and O–H groups in total. The van der Waals surface area contributed by atoms with Crippen molar-refractivity contribution in [2.75, 3.05) is 7.11 Å². The fraction of sp³-hybridized carbons (Fsp3) is 0.263. The molecule has 0 fully saturated rings. The van der Waals surface area contributed by atoms with Crippen molar-refractivity contribution in [3.8, 4) is 23.3 Å². The maximum atomic E-state index is 13.5. The summed E-state index contributed by atoms with van der Waals surface area (Å²) in [7, 11) is 1.30. The molecule has 0 heterocycles. The fourth-order valence-corrected chi connectivity index (χ4v) is 2.18. The first-order valence-electron chi connectivity index (χ1n) is 7.52. The Labute approximate surface area is 145 Å². The number of benzene rings is 2. The lowest BCUT2D eigenvalue weighted by Crippen LogP contribution is -2.39. The summed E-state index contributed by atoms with van der Waals surface area (Å²) in [4.78, 5) is 11.7. The van der Waals surface area contributed by atoms with Crippen LogP contribution in [0.4, 0.5) is 4.39 Å². The first kappa shape index (κ1) is 18.3. The first-order valence-corrected chi connectivity index (χ1v) is 7.52. The number of halogens is 1. The Hall–Kier alpha value is -3.07. The zero-order valence-electron chi connectivity index (χ0n) is 14.4. The molecule has 130 valence electrons. The van der Waals surface area contributed by atoms with Gasteiger partial charge in [0.1, 0.15) is 23.1 Å². The Morgan fingerprint density at radius 3 is 2.48 bits per heavy atom. The minimum absolute atomic E-state index is 0.173. The summed E-state index contributed by atoms with van der Waals surface area (Å²) in [5.41, 5.74) is -0.232. The summed E-state index contributed by atoms with van der Waals surface area (Å²) in [6.45, 7) is 5.01. The quantitative estimate of drug-likeness (QED) is 0.764. The Bertz CT molecular complexity index is 840. The van der Waals surface area contributed by atoms with E-state index in [1.54, 1.807) is 39.0 Å². The van der Waals surface area contributed by atoms with Crippen LogP contribution in [0.25, 0.3) is 0 Å². The second-order valence-electron chi connectivity index (χ2n) is 5.92. The van der Waals surface area contributed by atoms with Gasteiger partial charge >= 0.3 is 5.97 Å². The summed E-state index contributed by atoms with van der Waals surface area (Å²) < 4.78 is 29.5. The van der Waals surface area contributed by atoms with Crippen LogP contribution in [-0.2, 0) is 9.53 Å². The van der Waals surface area contributed by atoms with Gasteiger partial charge < -0.3 is 14.2 Å². The third-order valence-corrected chi connectivity index (χ3v) is 3.42. The van der Waals surface area contributed by atoms with Crippen molar-refractivity contribution in [2.24, 2.45) is 0 Å². The minimum atomic E-state index is -1.13. The number of rotatable bonds is 5. The van der Waals surface area contributed by atoms with Gasteiger partial charge in [-0.2, -0.15) is 5.26 Å². The van der Waals surface area contributed by atoms with Crippen LogP contribution >= 0.6 is 0 Å². The van der Waals surface area contributed by atoms with Crippen molar-refractivity contribution >= 4 is 5.97 Å². The zero-order chi connectivity index (χ0) is 18.6. The van der Waals surface area contributed by atoms with Crippen molar-refractivity contribution in [3.05, 3.63) is 53.3 Å². The Kier molecular flexibility index (Phi) is 5.28. The lowest BCUT2D eigenvalue weighted by Gasteiger charge is -2.24. The maximum absolute atomic E-state index is 13.5. The molecule has 0 spiro atoms. The van der Waals surface area contributed by atoms with Gasteiger partial charge in [0, 0.05) is 6.07 Å². The van der Waals surface area contributed by atoms with E-state index in [4.69, 9.17) is 19.5 Å². The van der Waals surface area contributed by atoms with E-state index in [-0.39, 0.29) is 11.3 Å². The van der Waals surface area contributed by atoms with Gasteiger partial charge in [0.05, 0.1) is 18.7 Å². The van der Waals surface area contributed by atoms with E-state index in [0.29, 0.717) is 11.5 Å². The lowest BCUT2D eigenvalue weighted by atomic mass is 10.1. The van der Waals surface area contributed by atoms with E-state index < -0.39 is 17.4 Å². The number of nitriles is 1. The van der Waals surface area contributed by atoms with Crippen LogP contribution in [0.2, 0.25) is 0 Å². The van der Waals surface area contributed by atoms with Crippen LogP contribution in [0.1, 0.15) is 25.0 Å². The van der Waals surface area contributed by atoms with E-state index in [2.05, 4.69) is 0 Å². The van der Waals surface area contributed by atoms with Crippen molar-refractivity contribution in [1.82, 2.24) is 0 Å². The van der Waals surface area contributed by atoms with Crippen LogP contribution in [-0.4, -0.2) is 18.7 Å². The van der Waals surface area contributed by atoms with Gasteiger partial charge in [0.2, 0.25) is 0 Å². The highest BCUT2D eigenvalue weighted by Crippen LogP contribution is 2.30. The number of aryl methyl sites for hydroxylation is 1. The normalized spacial score (nSPS) is 10.7. The van der Waals surface area contributed by atoms with Crippen LogP contribution in [0, 0.1) is 24.1 Å². The first-order chi connectivity index (χ1) is 11.7. The molecule has 5 nitrogen and oxygen atoms in total. The van der Waals surface area contributed by atoms with Gasteiger partial charge in [-0.15, -0.1) is 0 Å². The topological polar surface area (TPSA) is 68.6 Å². The molecule has 0 atom stereocenters. The van der Waals surface area contributed by atoms with Gasteiger partial charge in [-0.3, -0.25) is 0 Å². The second-order valence-corrected chi connectivity index (χ2v) is 5.92. The molecular formula is C19H18FNO4. The molecule has 2 rings (SSSR count). The number of carbonyl (C=O) groups excluding carboxylic acids is 1. The smallest absolute Gasteiger partial charge is 0.349 e. The zero-order valence-corrected chi connectivity index (χ0v) is 14.4. The standard InChI is InChI=1S/C19H18FNO4/c1-12-7-15(24-16-9-13(11-21)8-14(20)10-16)5-6-17(12)25-19(2,3)18(22)23-4/h5-10H,1-4H3. The molecule has 0 aliphatic heterocycles. The number of ether oxygens (including phenoxy) is 3. The van der Waals surface area contributed by atoms with Crippen LogP contribution in [0.15, 0.2) is 36.4 Å². The monoisotopic (exact) mass is 343 g/mol. The summed E-state index contributed by atoms with van der Waals surface area (Å²) >= 11 is 0. The number of carbonyl (C=O) groups is 1. The van der Waals surface area contributed by atoms with E-state index in [1.165, 1.54) is 19.2 Å². The number of hydrogen-bond acceptors (Lipinski definition) is 5. The molecule has 0 amide bonds. The Morgan fingerprint density at radius 1 is 1.16 bits per heavy atom. The molecule has 0 saturated carbocycles. The largest absolute Gasteiger partial charge is 0.476 e. The summed E-state index contributed by atoms with van der Waals surface area (Å²) in [5, 5.41) is 8.88.